The summed E-state index contributed by atoms with van der Waals surface area (Å²) in [5.74, 6) is -0.0672. The molecule has 0 bridgehead atoms. The highest BCUT2D eigenvalue weighted by Gasteiger charge is 2.43. The lowest BCUT2D eigenvalue weighted by Gasteiger charge is -2.44. The first kappa shape index (κ1) is 45.8. The summed E-state index contributed by atoms with van der Waals surface area (Å²) >= 11 is 0. The van der Waals surface area contributed by atoms with Crippen LogP contribution in [0.25, 0.3) is 20.9 Å². The molecule has 11 heteroatoms. The van der Waals surface area contributed by atoms with Crippen LogP contribution in [0.15, 0.2) is 101 Å². The Morgan fingerprint density at radius 3 is 1.70 bits per heavy atom. The van der Waals surface area contributed by atoms with Crippen LogP contribution in [0.2, 0.25) is 0 Å². The largest absolute Gasteiger partial charge is 0.371 e. The topological polar surface area (TPSA) is 144 Å². The van der Waals surface area contributed by atoms with Crippen molar-refractivity contribution in [2.45, 2.75) is 154 Å². The molecule has 4 rings (SSSR count). The molecule has 1 saturated heterocycles. The van der Waals surface area contributed by atoms with Gasteiger partial charge < -0.3 is 23.7 Å². The van der Waals surface area contributed by atoms with Gasteiger partial charge in [0.2, 0.25) is 0 Å². The van der Waals surface area contributed by atoms with Crippen LogP contribution in [-0.4, -0.2) is 49.9 Å². The number of hydrogen-bond donors (Lipinski definition) is 0. The molecule has 0 N–H and O–H groups in total. The van der Waals surface area contributed by atoms with Crippen molar-refractivity contribution in [3.63, 3.8) is 0 Å². The molecule has 1 heterocycles. The fourth-order valence-electron chi connectivity index (χ4n) is 7.56. The van der Waals surface area contributed by atoms with Crippen molar-refractivity contribution in [2.24, 2.45) is 22.1 Å². The smallest absolute Gasteiger partial charge is 0.160 e. The summed E-state index contributed by atoms with van der Waals surface area (Å²) in [5.41, 5.74) is 22.2. The molecule has 0 spiro atoms. The van der Waals surface area contributed by atoms with Crippen LogP contribution in [0.3, 0.4) is 0 Å². The molecular weight excluding hydrogens is 717 g/mol. The van der Waals surface area contributed by atoms with E-state index in [-0.39, 0.29) is 37.2 Å². The Hall–Kier alpha value is -3.92. The van der Waals surface area contributed by atoms with E-state index in [1.807, 2.05) is 78.9 Å². The predicted octanol–water partition coefficient (Wildman–Crippen LogP) is 12.4. The van der Waals surface area contributed by atoms with E-state index in [2.05, 4.69) is 53.0 Å². The number of azide groups is 2. The van der Waals surface area contributed by atoms with Crippen LogP contribution >= 0.6 is 0 Å². The molecule has 1 aliphatic rings. The Morgan fingerprint density at radius 1 is 0.632 bits per heavy atom. The fourth-order valence-corrected chi connectivity index (χ4v) is 7.56. The average molecular weight is 783 g/mol. The second-order valence-corrected chi connectivity index (χ2v) is 15.5. The lowest BCUT2D eigenvalue weighted by Crippen LogP contribution is -2.53. The first-order chi connectivity index (χ1) is 28.0. The van der Waals surface area contributed by atoms with Gasteiger partial charge in [-0.25, -0.2) is 0 Å². The normalized spacial score (nSPS) is 20.9. The zero-order valence-corrected chi connectivity index (χ0v) is 34.5. The van der Waals surface area contributed by atoms with E-state index in [9.17, 15) is 11.1 Å². The van der Waals surface area contributed by atoms with Gasteiger partial charge in [-0.15, -0.1) is 0 Å². The maximum absolute atomic E-state index is 9.91. The lowest BCUT2D eigenvalue weighted by molar-refractivity contribution is -0.272. The highest BCUT2D eigenvalue weighted by molar-refractivity contribution is 5.15. The number of unbranched alkanes of at least 4 members (excludes halogenated alkanes) is 10. The summed E-state index contributed by atoms with van der Waals surface area (Å²) in [6.45, 7) is 7.74. The molecule has 8 atom stereocenters. The van der Waals surface area contributed by atoms with E-state index >= 15 is 0 Å². The summed E-state index contributed by atoms with van der Waals surface area (Å²) in [5, 5.41) is 8.15. The van der Waals surface area contributed by atoms with Gasteiger partial charge in [0.1, 0.15) is 0 Å². The fraction of sp³-hybridized carbons (Fsp3) is 0.609. The summed E-state index contributed by atoms with van der Waals surface area (Å²) < 4.78 is 32.9. The molecule has 0 radical (unpaired) electrons. The number of hydrogen-bond acceptors (Lipinski definition) is 7. The molecule has 0 amide bonds. The second-order valence-electron chi connectivity index (χ2n) is 15.5. The SMILES string of the molecule is CCCCCCCCCCCCC[C@@H](OCc1ccccc1)[C@@H](OCc1ccccc1)[C@H](CO[C@@H]1OC(CN=[N+]=[N-])[C@H](OCc2ccccc2)[C@H](C)C1C)N=[N+]=[N-]. The van der Waals surface area contributed by atoms with Crippen molar-refractivity contribution in [2.75, 3.05) is 13.2 Å². The number of ether oxygens (including phenoxy) is 5. The molecule has 1 aliphatic heterocycles. The molecule has 1 fully saturated rings. The van der Waals surface area contributed by atoms with Gasteiger partial charge in [0.25, 0.3) is 0 Å². The minimum atomic E-state index is -0.707. The maximum atomic E-state index is 9.91. The quantitative estimate of drug-likeness (QED) is 0.0298. The molecule has 0 aromatic heterocycles. The third kappa shape index (κ3) is 16.8. The van der Waals surface area contributed by atoms with Crippen LogP contribution in [0.1, 0.15) is 115 Å². The summed E-state index contributed by atoms with van der Waals surface area (Å²) in [6.07, 6.45) is 12.0. The van der Waals surface area contributed by atoms with E-state index in [0.717, 1.165) is 36.0 Å². The van der Waals surface area contributed by atoms with Crippen LogP contribution in [0, 0.1) is 11.8 Å². The van der Waals surface area contributed by atoms with Crippen molar-refractivity contribution in [1.29, 1.82) is 0 Å². The number of benzene rings is 3. The standard InChI is InChI=1S/C46H66N6O5/c1-4-5-6-7-8-9-10-11-12-13-23-30-42(53-32-38-24-17-14-18-25-38)45(55-34-40-28-21-16-22-29-40)41(50-52-48)35-56-46-37(3)36(2)44(43(57-46)31-49-51-47)54-33-39-26-19-15-20-27-39/h14-22,24-29,36-37,41-46H,4-13,23,30-35H2,1-3H3/t36-,37?,41+,42-,43?,44-,45+,46-/m1/s1. The van der Waals surface area contributed by atoms with Gasteiger partial charge in [-0.2, -0.15) is 0 Å². The highest BCUT2D eigenvalue weighted by atomic mass is 16.7. The Balaban J connectivity index is 1.47. The monoisotopic (exact) mass is 783 g/mol. The van der Waals surface area contributed by atoms with Gasteiger partial charge in [0.15, 0.2) is 6.29 Å². The van der Waals surface area contributed by atoms with E-state index in [0.29, 0.717) is 19.8 Å². The molecule has 2 unspecified atom stereocenters. The number of rotatable bonds is 29. The molecular formula is C46H66N6O5. The van der Waals surface area contributed by atoms with E-state index < -0.39 is 24.5 Å². The zero-order chi connectivity index (χ0) is 40.3. The molecule has 0 saturated carbocycles. The minimum absolute atomic E-state index is 0.0115. The summed E-state index contributed by atoms with van der Waals surface area (Å²) in [6, 6.07) is 29.4. The van der Waals surface area contributed by atoms with E-state index in [1.54, 1.807) is 0 Å². The minimum Gasteiger partial charge on any atom is -0.371 e. The number of nitrogens with zero attached hydrogens (tertiary/aromatic N) is 6. The second kappa shape index (κ2) is 27.7. The first-order valence-electron chi connectivity index (χ1n) is 21.3. The molecule has 0 aliphatic carbocycles. The van der Waals surface area contributed by atoms with Gasteiger partial charge in [0.05, 0.1) is 63.4 Å². The third-order valence-corrected chi connectivity index (χ3v) is 11.1. The summed E-state index contributed by atoms with van der Waals surface area (Å²) in [4.78, 5) is 6.29. The van der Waals surface area contributed by atoms with Crippen molar-refractivity contribution in [3.8, 4) is 0 Å². The maximum Gasteiger partial charge on any atom is 0.160 e. The Labute approximate surface area is 341 Å². The van der Waals surface area contributed by atoms with Gasteiger partial charge in [-0.1, -0.05) is 193 Å². The lowest BCUT2D eigenvalue weighted by atomic mass is 9.84. The van der Waals surface area contributed by atoms with Crippen LogP contribution in [0.4, 0.5) is 0 Å². The van der Waals surface area contributed by atoms with Crippen molar-refractivity contribution in [3.05, 3.63) is 129 Å². The van der Waals surface area contributed by atoms with Gasteiger partial charge in [0, 0.05) is 15.7 Å². The Kier molecular flexibility index (Phi) is 22.2. The van der Waals surface area contributed by atoms with Crippen molar-refractivity contribution < 1.29 is 23.7 Å². The third-order valence-electron chi connectivity index (χ3n) is 11.1. The molecule has 3 aromatic carbocycles. The van der Waals surface area contributed by atoms with Crippen LogP contribution in [0.5, 0.6) is 0 Å². The summed E-state index contributed by atoms with van der Waals surface area (Å²) in [7, 11) is 0. The van der Waals surface area contributed by atoms with Crippen LogP contribution < -0.4 is 0 Å². The highest BCUT2D eigenvalue weighted by Crippen LogP contribution is 2.35. The Bertz CT molecular complexity index is 1570. The van der Waals surface area contributed by atoms with Crippen molar-refractivity contribution in [1.82, 2.24) is 0 Å². The Morgan fingerprint density at radius 2 is 1.16 bits per heavy atom. The molecule has 310 valence electrons. The first-order valence-corrected chi connectivity index (χ1v) is 21.3. The molecule has 3 aromatic rings. The zero-order valence-electron chi connectivity index (χ0n) is 34.5. The van der Waals surface area contributed by atoms with E-state index in [1.165, 1.54) is 57.8 Å². The van der Waals surface area contributed by atoms with Gasteiger partial charge in [-0.3, -0.25) is 0 Å². The van der Waals surface area contributed by atoms with Crippen molar-refractivity contribution >= 4 is 0 Å². The predicted molar refractivity (Wildman–Crippen MR) is 226 cm³/mol. The van der Waals surface area contributed by atoms with E-state index in [4.69, 9.17) is 23.7 Å². The average Bonchev–Trinajstić information content (AvgIpc) is 3.24. The van der Waals surface area contributed by atoms with Gasteiger partial charge in [-0.05, 0) is 40.1 Å². The molecule has 57 heavy (non-hydrogen) atoms. The molecule has 11 nitrogen and oxygen atoms in total. The van der Waals surface area contributed by atoms with Crippen LogP contribution in [-0.2, 0) is 43.5 Å². The van der Waals surface area contributed by atoms with Gasteiger partial charge >= 0.3 is 0 Å².